The second-order valence-electron chi connectivity index (χ2n) is 14.3. The summed E-state index contributed by atoms with van der Waals surface area (Å²) >= 11 is 0. The average Bonchev–Trinajstić information content (AvgIpc) is 3.08. The van der Waals surface area contributed by atoms with Gasteiger partial charge in [0.15, 0.2) is 6.10 Å². The fraction of sp³-hybridized carbons (Fsp3) is 0.738. The van der Waals surface area contributed by atoms with Crippen LogP contribution in [0.5, 0.6) is 0 Å². The number of likely N-dealkylation sites (N-methyl/N-ethyl adjacent to an activating group) is 1. The number of esters is 1. The Hall–Kier alpha value is -1.96. The van der Waals surface area contributed by atoms with Crippen molar-refractivity contribution in [1.82, 2.24) is 0 Å². The van der Waals surface area contributed by atoms with Crippen molar-refractivity contribution in [3.63, 3.8) is 0 Å². The summed E-state index contributed by atoms with van der Waals surface area (Å²) in [5.41, 5.74) is 0. The SMILES string of the molecule is CC/C=C/C/C=C/C/C=C/C/C=C/CCCCC(=O)O[C@H](CO/C=C/CCCCCCCCCCCCCC)COP(=O)([O-])OCC[N+](C)(C)C. The average molecular weight is 738 g/mol. The fourth-order valence-corrected chi connectivity index (χ4v) is 5.76. The first kappa shape index (κ1) is 49.0. The van der Waals surface area contributed by atoms with E-state index in [0.29, 0.717) is 17.4 Å². The summed E-state index contributed by atoms with van der Waals surface area (Å²) in [7, 11) is 1.29. The number of allylic oxidation sites excluding steroid dienone is 9. The highest BCUT2D eigenvalue weighted by molar-refractivity contribution is 7.45. The number of unbranched alkanes of at least 4 members (excludes halogenated alkanes) is 14. The largest absolute Gasteiger partial charge is 0.756 e. The van der Waals surface area contributed by atoms with E-state index in [1.807, 2.05) is 27.2 Å². The van der Waals surface area contributed by atoms with Gasteiger partial charge in [0.05, 0.1) is 34.0 Å². The first-order valence-electron chi connectivity index (χ1n) is 20.1. The summed E-state index contributed by atoms with van der Waals surface area (Å²) in [5, 5.41) is 0. The number of hydrogen-bond donors (Lipinski definition) is 0. The third kappa shape index (κ3) is 39.1. The van der Waals surface area contributed by atoms with Gasteiger partial charge >= 0.3 is 5.97 Å². The van der Waals surface area contributed by atoms with Gasteiger partial charge in [0, 0.05) is 6.42 Å². The maximum absolute atomic E-state index is 12.6. The second kappa shape index (κ2) is 35.1. The molecule has 0 aliphatic carbocycles. The second-order valence-corrected chi connectivity index (χ2v) is 15.7. The highest BCUT2D eigenvalue weighted by Gasteiger charge is 2.20. The Bertz CT molecular complexity index is 1000. The van der Waals surface area contributed by atoms with Crippen LogP contribution in [0.3, 0.4) is 0 Å². The molecule has 2 atom stereocenters. The molecule has 0 aromatic carbocycles. The molecule has 0 radical (unpaired) electrons. The van der Waals surface area contributed by atoms with Crippen LogP contribution in [-0.4, -0.2) is 64.1 Å². The molecule has 0 aromatic heterocycles. The molecule has 9 heteroatoms. The predicted octanol–water partition coefficient (Wildman–Crippen LogP) is 11.1. The monoisotopic (exact) mass is 738 g/mol. The van der Waals surface area contributed by atoms with E-state index < -0.39 is 19.9 Å². The number of quaternary nitrogens is 1. The van der Waals surface area contributed by atoms with Crippen molar-refractivity contribution in [3.8, 4) is 0 Å². The van der Waals surface area contributed by atoms with Crippen molar-refractivity contribution >= 4 is 13.8 Å². The zero-order valence-corrected chi connectivity index (χ0v) is 34.2. The van der Waals surface area contributed by atoms with Crippen LogP contribution in [0.4, 0.5) is 0 Å². The predicted molar refractivity (Wildman–Crippen MR) is 212 cm³/mol. The Morgan fingerprint density at radius 3 is 1.73 bits per heavy atom. The number of carbonyl (C=O) groups excluding carboxylic acids is 1. The van der Waals surface area contributed by atoms with Crippen LogP contribution >= 0.6 is 7.82 Å². The lowest BCUT2D eigenvalue weighted by molar-refractivity contribution is -0.870. The van der Waals surface area contributed by atoms with Gasteiger partial charge in [-0.25, -0.2) is 0 Å². The Balaban J connectivity index is 4.43. The molecule has 0 heterocycles. The molecule has 296 valence electrons. The molecule has 0 aliphatic rings. The van der Waals surface area contributed by atoms with Crippen LogP contribution in [0, 0.1) is 0 Å². The van der Waals surface area contributed by atoms with Crippen LogP contribution in [0.2, 0.25) is 0 Å². The zero-order valence-electron chi connectivity index (χ0n) is 33.3. The summed E-state index contributed by atoms with van der Waals surface area (Å²) < 4.78 is 34.2. The molecule has 0 saturated carbocycles. The Morgan fingerprint density at radius 1 is 0.647 bits per heavy atom. The fourth-order valence-electron chi connectivity index (χ4n) is 5.03. The number of nitrogens with zero attached hydrogens (tertiary/aromatic N) is 1. The first-order valence-corrected chi connectivity index (χ1v) is 21.5. The van der Waals surface area contributed by atoms with E-state index in [0.717, 1.165) is 51.4 Å². The molecule has 0 spiro atoms. The van der Waals surface area contributed by atoms with Crippen molar-refractivity contribution in [2.24, 2.45) is 0 Å². The maximum Gasteiger partial charge on any atom is 0.306 e. The summed E-state index contributed by atoms with van der Waals surface area (Å²) in [6.45, 7) is 4.55. The van der Waals surface area contributed by atoms with E-state index >= 15 is 0 Å². The molecule has 0 rings (SSSR count). The van der Waals surface area contributed by atoms with Crippen LogP contribution < -0.4 is 4.89 Å². The quantitative estimate of drug-likeness (QED) is 0.0158. The number of hydrogen-bond acceptors (Lipinski definition) is 7. The Kier molecular flexibility index (Phi) is 33.7. The minimum absolute atomic E-state index is 0.00150. The number of rotatable bonds is 36. The van der Waals surface area contributed by atoms with Crippen molar-refractivity contribution < 1.29 is 37.3 Å². The summed E-state index contributed by atoms with van der Waals surface area (Å²) in [6, 6.07) is 0. The summed E-state index contributed by atoms with van der Waals surface area (Å²) in [6.07, 6.45) is 43.3. The van der Waals surface area contributed by atoms with E-state index in [1.165, 1.54) is 70.6 Å². The molecule has 51 heavy (non-hydrogen) atoms. The molecule has 0 aromatic rings. The number of carbonyl (C=O) groups is 1. The zero-order chi connectivity index (χ0) is 37.7. The van der Waals surface area contributed by atoms with Crippen LogP contribution in [-0.2, 0) is 27.9 Å². The molecule has 0 saturated heterocycles. The highest BCUT2D eigenvalue weighted by atomic mass is 31.2. The van der Waals surface area contributed by atoms with Gasteiger partial charge < -0.3 is 27.9 Å². The maximum atomic E-state index is 12.6. The van der Waals surface area contributed by atoms with Gasteiger partial charge in [-0.3, -0.25) is 9.36 Å². The number of phosphoric ester groups is 1. The van der Waals surface area contributed by atoms with Crippen LogP contribution in [0.25, 0.3) is 0 Å². The van der Waals surface area contributed by atoms with Crippen molar-refractivity contribution in [2.75, 3.05) is 47.5 Å². The minimum atomic E-state index is -4.55. The number of phosphoric acid groups is 1. The molecule has 1 unspecified atom stereocenters. The van der Waals surface area contributed by atoms with Gasteiger partial charge in [-0.2, -0.15) is 0 Å². The Morgan fingerprint density at radius 2 is 1.16 bits per heavy atom. The topological polar surface area (TPSA) is 94.1 Å². The third-order valence-corrected chi connectivity index (χ3v) is 9.11. The molecule has 0 amide bonds. The summed E-state index contributed by atoms with van der Waals surface area (Å²) in [4.78, 5) is 24.9. The normalized spacial score (nSPS) is 14.5. The van der Waals surface area contributed by atoms with E-state index in [2.05, 4.69) is 62.5 Å². The molecule has 0 aliphatic heterocycles. The van der Waals surface area contributed by atoms with E-state index in [4.69, 9.17) is 18.5 Å². The third-order valence-electron chi connectivity index (χ3n) is 8.15. The molecule has 0 bridgehead atoms. The molecule has 0 N–H and O–H groups in total. The lowest BCUT2D eigenvalue weighted by Gasteiger charge is -2.28. The van der Waals surface area contributed by atoms with Crippen molar-refractivity contribution in [3.05, 3.63) is 60.9 Å². The number of ether oxygens (including phenoxy) is 2. The van der Waals surface area contributed by atoms with E-state index in [-0.39, 0.29) is 26.2 Å². The van der Waals surface area contributed by atoms with E-state index in [1.54, 1.807) is 6.26 Å². The molecule has 0 fully saturated rings. The van der Waals surface area contributed by atoms with Gasteiger partial charge in [0.1, 0.15) is 19.8 Å². The van der Waals surface area contributed by atoms with Crippen molar-refractivity contribution in [1.29, 1.82) is 0 Å². The minimum Gasteiger partial charge on any atom is -0.756 e. The van der Waals surface area contributed by atoms with Crippen molar-refractivity contribution in [2.45, 2.75) is 155 Å². The standard InChI is InChI=1S/C42H76NO7P/c1-6-8-10-12-14-16-18-20-22-23-25-27-29-31-33-35-42(44)50-41(40-49-51(45,46)48-38-36-43(3,4)5)39-47-37-34-32-30-28-26-24-21-19-17-15-13-11-9-7-2/h8,10,14,16,20,22,25,27,34,37,41H,6-7,9,11-13,15,17-19,21,23-24,26,28-33,35-36,38-40H2,1-5H3/b10-8+,16-14+,22-20+,27-25+,37-34+/t41-/m1/s1. The van der Waals surface area contributed by atoms with Gasteiger partial charge in [-0.15, -0.1) is 0 Å². The molecular formula is C42H76NO7P. The summed E-state index contributed by atoms with van der Waals surface area (Å²) in [5.74, 6) is -0.399. The highest BCUT2D eigenvalue weighted by Crippen LogP contribution is 2.38. The van der Waals surface area contributed by atoms with Gasteiger partial charge in [0.2, 0.25) is 0 Å². The van der Waals surface area contributed by atoms with Crippen LogP contribution in [0.15, 0.2) is 60.9 Å². The van der Waals surface area contributed by atoms with Gasteiger partial charge in [0.25, 0.3) is 7.82 Å². The smallest absolute Gasteiger partial charge is 0.306 e. The first-order chi connectivity index (χ1) is 24.6. The lowest BCUT2D eigenvalue weighted by Crippen LogP contribution is -2.37. The van der Waals surface area contributed by atoms with Crippen LogP contribution in [0.1, 0.15) is 149 Å². The molecular weight excluding hydrogens is 661 g/mol. The Labute approximate surface area is 313 Å². The lowest BCUT2D eigenvalue weighted by atomic mass is 10.0. The molecule has 8 nitrogen and oxygen atoms in total. The van der Waals surface area contributed by atoms with Gasteiger partial charge in [-0.05, 0) is 63.9 Å². The van der Waals surface area contributed by atoms with E-state index in [9.17, 15) is 14.3 Å². The van der Waals surface area contributed by atoms with Gasteiger partial charge in [-0.1, -0.05) is 133 Å².